The van der Waals surface area contributed by atoms with Crippen LogP contribution in [-0.2, 0) is 0 Å². The Morgan fingerprint density at radius 1 is 0.905 bits per heavy atom. The number of hydrogen-bond donors (Lipinski definition) is 1. The second-order valence-corrected chi connectivity index (χ2v) is 8.52. The van der Waals surface area contributed by atoms with Crippen molar-refractivity contribution in [1.29, 1.82) is 0 Å². The highest BCUT2D eigenvalue weighted by Crippen LogP contribution is 2.33. The summed E-state index contributed by atoms with van der Waals surface area (Å²) in [5, 5.41) is 0. The molecular weight excluding hydrogens is 256 g/mol. The molecule has 0 amide bonds. The summed E-state index contributed by atoms with van der Waals surface area (Å²) in [4.78, 5) is 2.84. The fourth-order valence-corrected chi connectivity index (χ4v) is 4.44. The highest BCUT2D eigenvalue weighted by Gasteiger charge is 2.35. The zero-order valence-corrected chi connectivity index (χ0v) is 15.6. The summed E-state index contributed by atoms with van der Waals surface area (Å²) in [5.74, 6) is 2.32. The summed E-state index contributed by atoms with van der Waals surface area (Å²) in [5.41, 5.74) is 6.30. The van der Waals surface area contributed by atoms with Gasteiger partial charge in [-0.05, 0) is 63.7 Å². The third-order valence-electron chi connectivity index (χ3n) is 5.22. The van der Waals surface area contributed by atoms with Gasteiger partial charge in [-0.1, -0.05) is 34.6 Å². The van der Waals surface area contributed by atoms with Crippen LogP contribution in [0.25, 0.3) is 0 Å². The minimum absolute atomic E-state index is 0.409. The van der Waals surface area contributed by atoms with Gasteiger partial charge in [-0.2, -0.15) is 0 Å². The van der Waals surface area contributed by atoms with Gasteiger partial charge in [-0.3, -0.25) is 4.90 Å². The van der Waals surface area contributed by atoms with Crippen LogP contribution >= 0.6 is 0 Å². The van der Waals surface area contributed by atoms with Crippen LogP contribution in [0.2, 0.25) is 0 Å². The second kappa shape index (κ2) is 8.53. The van der Waals surface area contributed by atoms with E-state index in [4.69, 9.17) is 5.73 Å². The zero-order valence-electron chi connectivity index (χ0n) is 15.6. The summed E-state index contributed by atoms with van der Waals surface area (Å²) in [6.45, 7) is 16.7. The molecule has 1 aliphatic carbocycles. The average molecular weight is 297 g/mol. The summed E-state index contributed by atoms with van der Waals surface area (Å²) < 4.78 is 0. The van der Waals surface area contributed by atoms with Gasteiger partial charge in [-0.25, -0.2) is 0 Å². The normalized spacial score (nSPS) is 30.1. The maximum Gasteiger partial charge on any atom is 0.0141 e. The third kappa shape index (κ3) is 5.90. The average Bonchev–Trinajstić information content (AvgIpc) is 2.31. The molecule has 0 spiro atoms. The Morgan fingerprint density at radius 3 is 1.81 bits per heavy atom. The van der Waals surface area contributed by atoms with E-state index < -0.39 is 0 Å². The van der Waals surface area contributed by atoms with Gasteiger partial charge in [0.1, 0.15) is 0 Å². The van der Waals surface area contributed by atoms with Crippen molar-refractivity contribution in [3.8, 4) is 0 Å². The van der Waals surface area contributed by atoms with E-state index in [1.165, 1.54) is 32.1 Å². The lowest BCUT2D eigenvalue weighted by Crippen LogP contribution is -2.54. The van der Waals surface area contributed by atoms with Gasteiger partial charge in [0.25, 0.3) is 0 Å². The van der Waals surface area contributed by atoms with Crippen molar-refractivity contribution in [3.63, 3.8) is 0 Å². The molecular formula is C19H40N2. The molecule has 0 saturated heterocycles. The Bertz CT molecular complexity index is 271. The molecule has 1 saturated carbocycles. The van der Waals surface area contributed by atoms with E-state index in [0.717, 1.165) is 17.8 Å². The van der Waals surface area contributed by atoms with Crippen molar-refractivity contribution in [2.24, 2.45) is 23.5 Å². The molecule has 2 N–H and O–H groups in total. The molecule has 5 atom stereocenters. The SMILES string of the molecule is CC(C)CC(C)N(C(C)CC(C)C)C1CC(N)CCC1C. The fourth-order valence-electron chi connectivity index (χ4n) is 4.44. The molecule has 0 aromatic heterocycles. The van der Waals surface area contributed by atoms with Gasteiger partial charge < -0.3 is 5.73 Å². The van der Waals surface area contributed by atoms with Crippen LogP contribution in [0.1, 0.15) is 80.6 Å². The lowest BCUT2D eigenvalue weighted by Gasteiger charge is -2.47. The highest BCUT2D eigenvalue weighted by molar-refractivity contribution is 4.91. The van der Waals surface area contributed by atoms with E-state index in [-0.39, 0.29) is 0 Å². The number of nitrogens with zero attached hydrogens (tertiary/aromatic N) is 1. The topological polar surface area (TPSA) is 29.3 Å². The Balaban J connectivity index is 2.88. The molecule has 1 aliphatic rings. The lowest BCUT2D eigenvalue weighted by atomic mass is 9.80. The Labute approximate surface area is 133 Å². The first-order chi connectivity index (χ1) is 9.72. The summed E-state index contributed by atoms with van der Waals surface area (Å²) in [7, 11) is 0. The largest absolute Gasteiger partial charge is 0.328 e. The molecule has 21 heavy (non-hydrogen) atoms. The van der Waals surface area contributed by atoms with E-state index in [1.807, 2.05) is 0 Å². The van der Waals surface area contributed by atoms with Crippen LogP contribution in [0.3, 0.4) is 0 Å². The Morgan fingerprint density at radius 2 is 1.38 bits per heavy atom. The van der Waals surface area contributed by atoms with Crippen LogP contribution in [0.5, 0.6) is 0 Å². The van der Waals surface area contributed by atoms with Crippen LogP contribution in [0.15, 0.2) is 0 Å². The molecule has 0 radical (unpaired) electrons. The van der Waals surface area contributed by atoms with Crippen LogP contribution in [-0.4, -0.2) is 29.1 Å². The fraction of sp³-hybridized carbons (Fsp3) is 1.00. The maximum atomic E-state index is 6.30. The van der Waals surface area contributed by atoms with Gasteiger partial charge in [0.2, 0.25) is 0 Å². The number of nitrogens with two attached hydrogens (primary N) is 1. The quantitative estimate of drug-likeness (QED) is 0.739. The van der Waals surface area contributed by atoms with Crippen LogP contribution in [0, 0.1) is 17.8 Å². The smallest absolute Gasteiger partial charge is 0.0141 e. The van der Waals surface area contributed by atoms with Gasteiger partial charge >= 0.3 is 0 Å². The molecule has 2 heteroatoms. The minimum atomic E-state index is 0.409. The first-order valence-electron chi connectivity index (χ1n) is 9.25. The highest BCUT2D eigenvalue weighted by atomic mass is 15.2. The van der Waals surface area contributed by atoms with E-state index in [2.05, 4.69) is 53.4 Å². The summed E-state index contributed by atoms with van der Waals surface area (Å²) in [6.07, 6.45) is 6.28. The van der Waals surface area contributed by atoms with Crippen molar-refractivity contribution in [1.82, 2.24) is 4.90 Å². The molecule has 0 aromatic rings. The van der Waals surface area contributed by atoms with E-state index in [1.54, 1.807) is 0 Å². The molecule has 2 nitrogen and oxygen atoms in total. The third-order valence-corrected chi connectivity index (χ3v) is 5.22. The van der Waals surface area contributed by atoms with Crippen molar-refractivity contribution in [3.05, 3.63) is 0 Å². The first-order valence-corrected chi connectivity index (χ1v) is 9.25. The molecule has 0 bridgehead atoms. The molecule has 1 rings (SSSR count). The summed E-state index contributed by atoms with van der Waals surface area (Å²) >= 11 is 0. The van der Waals surface area contributed by atoms with E-state index >= 15 is 0 Å². The van der Waals surface area contributed by atoms with Gasteiger partial charge in [0, 0.05) is 24.2 Å². The Hall–Kier alpha value is -0.0800. The Kier molecular flexibility index (Phi) is 7.70. The molecule has 5 unspecified atom stereocenters. The molecule has 0 heterocycles. The van der Waals surface area contributed by atoms with Gasteiger partial charge in [0.15, 0.2) is 0 Å². The summed E-state index contributed by atoms with van der Waals surface area (Å²) in [6, 6.07) is 2.41. The minimum Gasteiger partial charge on any atom is -0.328 e. The van der Waals surface area contributed by atoms with Crippen molar-refractivity contribution in [2.75, 3.05) is 0 Å². The van der Waals surface area contributed by atoms with Crippen LogP contribution in [0.4, 0.5) is 0 Å². The number of hydrogen-bond acceptors (Lipinski definition) is 2. The van der Waals surface area contributed by atoms with Crippen molar-refractivity contribution in [2.45, 2.75) is 105 Å². The van der Waals surface area contributed by atoms with E-state index in [0.29, 0.717) is 24.2 Å². The standard InChI is InChI=1S/C19H40N2/c1-13(2)10-16(6)21(17(7)11-14(3)4)19-12-18(20)9-8-15(19)5/h13-19H,8-12,20H2,1-7H3. The van der Waals surface area contributed by atoms with Crippen molar-refractivity contribution < 1.29 is 0 Å². The zero-order chi connectivity index (χ0) is 16.2. The van der Waals surface area contributed by atoms with E-state index in [9.17, 15) is 0 Å². The van der Waals surface area contributed by atoms with Crippen molar-refractivity contribution >= 4 is 0 Å². The monoisotopic (exact) mass is 296 g/mol. The predicted molar refractivity (Wildman–Crippen MR) is 94.5 cm³/mol. The molecule has 1 fully saturated rings. The first kappa shape index (κ1) is 19.0. The second-order valence-electron chi connectivity index (χ2n) is 8.52. The lowest BCUT2D eigenvalue weighted by molar-refractivity contribution is 0.0212. The molecule has 126 valence electrons. The molecule has 0 aliphatic heterocycles. The molecule has 0 aromatic carbocycles. The number of rotatable bonds is 7. The van der Waals surface area contributed by atoms with Gasteiger partial charge in [-0.15, -0.1) is 0 Å². The van der Waals surface area contributed by atoms with Crippen LogP contribution < -0.4 is 5.73 Å². The van der Waals surface area contributed by atoms with Gasteiger partial charge in [0.05, 0.1) is 0 Å². The maximum absolute atomic E-state index is 6.30. The predicted octanol–water partition coefficient (Wildman–Crippen LogP) is 4.67.